The summed E-state index contributed by atoms with van der Waals surface area (Å²) >= 11 is 0. The van der Waals surface area contributed by atoms with Gasteiger partial charge >= 0.3 is 0 Å². The lowest BCUT2D eigenvalue weighted by molar-refractivity contribution is 0.0767. The van der Waals surface area contributed by atoms with Crippen LogP contribution in [0.15, 0.2) is 54.6 Å². The fourth-order valence-electron chi connectivity index (χ4n) is 2.44. The standard InChI is InChI=1S/C19H20O3/c1-13(2)17(18(20)14-7-5-4-6-8-14)19(21)15-9-11-16(22-3)12-10-15/h4-13,17H,1-3H3. The van der Waals surface area contributed by atoms with Gasteiger partial charge in [-0.3, -0.25) is 9.59 Å². The van der Waals surface area contributed by atoms with E-state index in [1.807, 2.05) is 32.0 Å². The Kier molecular flexibility index (Phi) is 5.10. The highest BCUT2D eigenvalue weighted by atomic mass is 16.5. The first-order valence-electron chi connectivity index (χ1n) is 7.32. The molecule has 2 aromatic carbocycles. The summed E-state index contributed by atoms with van der Waals surface area (Å²) in [5.41, 5.74) is 1.10. The molecule has 1 atom stereocenters. The van der Waals surface area contributed by atoms with Gasteiger partial charge in [0.2, 0.25) is 0 Å². The number of ether oxygens (including phenoxy) is 1. The molecule has 0 aliphatic heterocycles. The Morgan fingerprint density at radius 2 is 1.32 bits per heavy atom. The Balaban J connectivity index is 2.30. The lowest BCUT2D eigenvalue weighted by Gasteiger charge is -2.18. The number of hydrogen-bond donors (Lipinski definition) is 0. The zero-order valence-electron chi connectivity index (χ0n) is 13.1. The third kappa shape index (κ3) is 3.42. The first kappa shape index (κ1) is 16.0. The molecule has 3 nitrogen and oxygen atoms in total. The van der Waals surface area contributed by atoms with Gasteiger partial charge in [0.05, 0.1) is 13.0 Å². The fourth-order valence-corrected chi connectivity index (χ4v) is 2.44. The molecule has 0 fully saturated rings. The number of methoxy groups -OCH3 is 1. The summed E-state index contributed by atoms with van der Waals surface area (Å²) in [4.78, 5) is 25.4. The van der Waals surface area contributed by atoms with Crippen LogP contribution in [-0.2, 0) is 0 Å². The van der Waals surface area contributed by atoms with Gasteiger partial charge in [-0.25, -0.2) is 0 Å². The summed E-state index contributed by atoms with van der Waals surface area (Å²) in [6.07, 6.45) is 0. The second kappa shape index (κ2) is 7.03. The SMILES string of the molecule is COc1ccc(C(=O)C(C(=O)c2ccccc2)C(C)C)cc1. The van der Waals surface area contributed by atoms with E-state index >= 15 is 0 Å². The van der Waals surface area contributed by atoms with Crippen LogP contribution in [0.2, 0.25) is 0 Å². The highest BCUT2D eigenvalue weighted by Gasteiger charge is 2.31. The minimum absolute atomic E-state index is 0.0673. The maximum atomic E-state index is 12.7. The van der Waals surface area contributed by atoms with E-state index in [0.29, 0.717) is 16.9 Å². The third-order valence-corrected chi connectivity index (χ3v) is 3.66. The highest BCUT2D eigenvalue weighted by Crippen LogP contribution is 2.23. The molecule has 2 rings (SSSR count). The molecule has 1 unspecified atom stereocenters. The van der Waals surface area contributed by atoms with Gasteiger partial charge in [0.15, 0.2) is 11.6 Å². The molecule has 114 valence electrons. The molecule has 0 aliphatic rings. The van der Waals surface area contributed by atoms with Crippen molar-refractivity contribution < 1.29 is 14.3 Å². The van der Waals surface area contributed by atoms with Crippen LogP contribution in [-0.4, -0.2) is 18.7 Å². The molecular weight excluding hydrogens is 276 g/mol. The van der Waals surface area contributed by atoms with Gasteiger partial charge in [-0.2, -0.15) is 0 Å². The van der Waals surface area contributed by atoms with E-state index in [-0.39, 0.29) is 17.5 Å². The van der Waals surface area contributed by atoms with E-state index in [0.717, 1.165) is 0 Å². The number of hydrogen-bond acceptors (Lipinski definition) is 3. The van der Waals surface area contributed by atoms with Crippen molar-refractivity contribution in [2.45, 2.75) is 13.8 Å². The highest BCUT2D eigenvalue weighted by molar-refractivity contribution is 6.16. The van der Waals surface area contributed by atoms with Crippen LogP contribution in [0.5, 0.6) is 5.75 Å². The quantitative estimate of drug-likeness (QED) is 0.597. The molecule has 0 amide bonds. The molecule has 0 N–H and O–H groups in total. The zero-order chi connectivity index (χ0) is 16.1. The first-order valence-corrected chi connectivity index (χ1v) is 7.32. The van der Waals surface area contributed by atoms with Gasteiger partial charge in [0.1, 0.15) is 5.75 Å². The molecule has 0 aromatic heterocycles. The fraction of sp³-hybridized carbons (Fsp3) is 0.263. The Morgan fingerprint density at radius 1 is 0.818 bits per heavy atom. The van der Waals surface area contributed by atoms with Gasteiger partial charge in [0.25, 0.3) is 0 Å². The van der Waals surface area contributed by atoms with Crippen molar-refractivity contribution in [1.29, 1.82) is 0 Å². The van der Waals surface area contributed by atoms with Crippen molar-refractivity contribution in [2.24, 2.45) is 11.8 Å². The average molecular weight is 296 g/mol. The van der Waals surface area contributed by atoms with E-state index in [1.165, 1.54) is 0 Å². The Labute approximate surface area is 130 Å². The van der Waals surface area contributed by atoms with Gasteiger partial charge in [-0.1, -0.05) is 44.2 Å². The summed E-state index contributed by atoms with van der Waals surface area (Å²) in [5, 5.41) is 0. The van der Waals surface area contributed by atoms with Crippen LogP contribution < -0.4 is 4.74 Å². The number of rotatable bonds is 6. The van der Waals surface area contributed by atoms with Crippen molar-refractivity contribution in [1.82, 2.24) is 0 Å². The molecule has 22 heavy (non-hydrogen) atoms. The Hall–Kier alpha value is -2.42. The normalized spacial score (nSPS) is 12.0. The predicted molar refractivity (Wildman–Crippen MR) is 86.4 cm³/mol. The van der Waals surface area contributed by atoms with E-state index in [4.69, 9.17) is 4.74 Å². The van der Waals surface area contributed by atoms with E-state index in [2.05, 4.69) is 0 Å². The van der Waals surface area contributed by atoms with Gasteiger partial charge < -0.3 is 4.74 Å². The zero-order valence-corrected chi connectivity index (χ0v) is 13.1. The van der Waals surface area contributed by atoms with E-state index < -0.39 is 5.92 Å². The topological polar surface area (TPSA) is 43.4 Å². The number of ketones is 2. The predicted octanol–water partition coefficient (Wildman–Crippen LogP) is 4.03. The molecule has 0 heterocycles. The molecule has 3 heteroatoms. The second-order valence-electron chi connectivity index (χ2n) is 5.54. The summed E-state index contributed by atoms with van der Waals surface area (Å²) in [5.74, 6) is -0.326. The van der Waals surface area contributed by atoms with Crippen LogP contribution >= 0.6 is 0 Å². The minimum atomic E-state index is -0.671. The molecule has 0 saturated heterocycles. The van der Waals surface area contributed by atoms with Crippen LogP contribution in [0.4, 0.5) is 0 Å². The number of carbonyl (C=O) groups is 2. The molecular formula is C19H20O3. The third-order valence-electron chi connectivity index (χ3n) is 3.66. The monoisotopic (exact) mass is 296 g/mol. The Morgan fingerprint density at radius 3 is 1.77 bits per heavy atom. The first-order chi connectivity index (χ1) is 10.5. The summed E-state index contributed by atoms with van der Waals surface area (Å²) in [6.45, 7) is 3.79. The van der Waals surface area contributed by atoms with Crippen LogP contribution in [0.1, 0.15) is 34.6 Å². The van der Waals surface area contributed by atoms with Crippen LogP contribution in [0.3, 0.4) is 0 Å². The van der Waals surface area contributed by atoms with Gasteiger partial charge in [-0.15, -0.1) is 0 Å². The summed E-state index contributed by atoms with van der Waals surface area (Å²) in [6, 6.07) is 15.8. The summed E-state index contributed by atoms with van der Waals surface area (Å²) < 4.78 is 5.10. The van der Waals surface area contributed by atoms with Crippen LogP contribution in [0, 0.1) is 11.8 Å². The molecule has 0 radical (unpaired) electrons. The average Bonchev–Trinajstić information content (AvgIpc) is 2.55. The maximum Gasteiger partial charge on any atom is 0.173 e. The van der Waals surface area contributed by atoms with Crippen LogP contribution in [0.25, 0.3) is 0 Å². The smallest absolute Gasteiger partial charge is 0.173 e. The largest absolute Gasteiger partial charge is 0.497 e. The molecule has 0 aliphatic carbocycles. The van der Waals surface area contributed by atoms with Gasteiger partial charge in [0, 0.05) is 11.1 Å². The number of benzene rings is 2. The van der Waals surface area contributed by atoms with Gasteiger partial charge in [-0.05, 0) is 30.2 Å². The number of carbonyl (C=O) groups excluding carboxylic acids is 2. The molecule has 0 saturated carbocycles. The van der Waals surface area contributed by atoms with Crippen molar-refractivity contribution in [3.05, 3.63) is 65.7 Å². The van der Waals surface area contributed by atoms with Crippen molar-refractivity contribution in [3.8, 4) is 5.75 Å². The second-order valence-corrected chi connectivity index (χ2v) is 5.54. The van der Waals surface area contributed by atoms with E-state index in [1.54, 1.807) is 43.5 Å². The lowest BCUT2D eigenvalue weighted by atomic mass is 9.82. The lowest BCUT2D eigenvalue weighted by Crippen LogP contribution is -2.29. The Bertz CT molecular complexity index is 642. The molecule has 2 aromatic rings. The molecule has 0 spiro atoms. The maximum absolute atomic E-state index is 12.7. The minimum Gasteiger partial charge on any atom is -0.497 e. The number of Topliss-reactive ketones (excluding diaryl/α,β-unsaturated/α-hetero) is 2. The summed E-state index contributed by atoms with van der Waals surface area (Å²) in [7, 11) is 1.58. The van der Waals surface area contributed by atoms with E-state index in [9.17, 15) is 9.59 Å². The van der Waals surface area contributed by atoms with Crippen molar-refractivity contribution in [3.63, 3.8) is 0 Å². The molecule has 0 bridgehead atoms. The van der Waals surface area contributed by atoms with Crippen molar-refractivity contribution >= 4 is 11.6 Å². The van der Waals surface area contributed by atoms with Crippen molar-refractivity contribution in [2.75, 3.05) is 7.11 Å².